The van der Waals surface area contributed by atoms with Crippen molar-refractivity contribution in [2.75, 3.05) is 5.32 Å². The summed E-state index contributed by atoms with van der Waals surface area (Å²) in [6, 6.07) is 6.41. The molecule has 1 aromatic carbocycles. The molecule has 2 heterocycles. The second-order valence-corrected chi connectivity index (χ2v) is 4.30. The van der Waals surface area contributed by atoms with Gasteiger partial charge in [-0.2, -0.15) is 9.98 Å². The Balaban J connectivity index is 1.71. The van der Waals surface area contributed by atoms with E-state index in [1.807, 2.05) is 6.07 Å². The molecule has 0 aliphatic carbocycles. The number of amides is 2. The summed E-state index contributed by atoms with van der Waals surface area (Å²) in [6.45, 7) is 0. The SMILES string of the molecule is O=NC(=O)CC1NC(Nc2nc3ccccc3o2)=NC1=O. The van der Waals surface area contributed by atoms with Crippen molar-refractivity contribution in [2.24, 2.45) is 10.2 Å². The molecule has 0 fully saturated rings. The van der Waals surface area contributed by atoms with Gasteiger partial charge in [0, 0.05) is 5.18 Å². The smallest absolute Gasteiger partial charge is 0.302 e. The predicted molar refractivity (Wildman–Crippen MR) is 72.4 cm³/mol. The largest absolute Gasteiger partial charge is 0.423 e. The van der Waals surface area contributed by atoms with Crippen LogP contribution < -0.4 is 10.6 Å². The Labute approximate surface area is 117 Å². The Kier molecular flexibility index (Phi) is 3.14. The number of nitrogens with zero attached hydrogens (tertiary/aromatic N) is 3. The fourth-order valence-corrected chi connectivity index (χ4v) is 1.89. The van der Waals surface area contributed by atoms with Crippen LogP contribution in [0.25, 0.3) is 11.1 Å². The van der Waals surface area contributed by atoms with Gasteiger partial charge in [0.2, 0.25) is 5.96 Å². The van der Waals surface area contributed by atoms with Crippen molar-refractivity contribution in [1.29, 1.82) is 0 Å². The van der Waals surface area contributed by atoms with E-state index in [1.165, 1.54) is 0 Å². The number of fused-ring (bicyclic) bond motifs is 1. The van der Waals surface area contributed by atoms with Crippen molar-refractivity contribution < 1.29 is 14.0 Å². The van der Waals surface area contributed by atoms with Gasteiger partial charge < -0.3 is 9.73 Å². The fraction of sp³-hybridized carbons (Fsp3) is 0.167. The van der Waals surface area contributed by atoms with Crippen LogP contribution in [0, 0.1) is 4.91 Å². The highest BCUT2D eigenvalue weighted by molar-refractivity contribution is 6.09. The molecule has 1 aliphatic heterocycles. The number of benzene rings is 1. The van der Waals surface area contributed by atoms with Crippen LogP contribution in [0.5, 0.6) is 0 Å². The van der Waals surface area contributed by atoms with Gasteiger partial charge in [-0.1, -0.05) is 12.1 Å². The minimum atomic E-state index is -0.917. The van der Waals surface area contributed by atoms with Gasteiger partial charge in [-0.15, -0.1) is 4.91 Å². The van der Waals surface area contributed by atoms with Crippen LogP contribution >= 0.6 is 0 Å². The monoisotopic (exact) mass is 287 g/mol. The highest BCUT2D eigenvalue weighted by Crippen LogP contribution is 2.18. The van der Waals surface area contributed by atoms with Gasteiger partial charge in [0.05, 0.1) is 6.42 Å². The van der Waals surface area contributed by atoms with Crippen molar-refractivity contribution in [3.63, 3.8) is 0 Å². The molecule has 106 valence electrons. The van der Waals surface area contributed by atoms with Crippen molar-refractivity contribution in [2.45, 2.75) is 12.5 Å². The number of guanidine groups is 1. The molecule has 3 rings (SSSR count). The molecule has 0 bridgehead atoms. The first-order valence-electron chi connectivity index (χ1n) is 6.03. The number of carbonyl (C=O) groups excluding carboxylic acids is 2. The number of para-hydroxylation sites is 2. The van der Waals surface area contributed by atoms with Gasteiger partial charge >= 0.3 is 6.01 Å². The lowest BCUT2D eigenvalue weighted by Gasteiger charge is -2.06. The van der Waals surface area contributed by atoms with Gasteiger partial charge in [0.25, 0.3) is 11.8 Å². The first-order valence-corrected chi connectivity index (χ1v) is 6.03. The molecular weight excluding hydrogens is 278 g/mol. The van der Waals surface area contributed by atoms with Crippen LogP contribution in [0.3, 0.4) is 0 Å². The molecule has 1 unspecified atom stereocenters. The highest BCUT2D eigenvalue weighted by Gasteiger charge is 2.29. The lowest BCUT2D eigenvalue weighted by molar-refractivity contribution is -0.124. The maximum atomic E-state index is 11.6. The molecule has 9 heteroatoms. The normalized spacial score (nSPS) is 17.4. The number of nitrogens with one attached hydrogen (secondary N) is 2. The minimum absolute atomic E-state index is 0.107. The maximum Gasteiger partial charge on any atom is 0.302 e. The van der Waals surface area contributed by atoms with E-state index in [0.29, 0.717) is 11.1 Å². The second-order valence-electron chi connectivity index (χ2n) is 4.30. The van der Waals surface area contributed by atoms with E-state index in [9.17, 15) is 14.5 Å². The topological polar surface area (TPSA) is 126 Å². The molecule has 1 atom stereocenters. The third-order valence-electron chi connectivity index (χ3n) is 2.83. The second kappa shape index (κ2) is 5.12. The Hall–Kier alpha value is -3.10. The van der Waals surface area contributed by atoms with Crippen molar-refractivity contribution in [3.8, 4) is 0 Å². The summed E-state index contributed by atoms with van der Waals surface area (Å²) < 4.78 is 5.41. The number of anilines is 1. The molecule has 1 aromatic heterocycles. The predicted octanol–water partition coefficient (Wildman–Crippen LogP) is 0.777. The molecule has 2 amide bonds. The maximum absolute atomic E-state index is 11.6. The molecule has 9 nitrogen and oxygen atoms in total. The molecule has 2 aromatic rings. The Morgan fingerprint density at radius 3 is 3.00 bits per heavy atom. The third kappa shape index (κ3) is 2.61. The summed E-state index contributed by atoms with van der Waals surface area (Å²) in [5, 5.41) is 7.61. The van der Waals surface area contributed by atoms with Crippen LogP contribution in [0.1, 0.15) is 6.42 Å². The Morgan fingerprint density at radius 1 is 1.43 bits per heavy atom. The van der Waals surface area contributed by atoms with E-state index in [0.717, 1.165) is 0 Å². The van der Waals surface area contributed by atoms with Crippen LogP contribution in [-0.2, 0) is 9.59 Å². The van der Waals surface area contributed by atoms with Crippen molar-refractivity contribution >= 4 is 34.9 Å². The lowest BCUT2D eigenvalue weighted by atomic mass is 10.2. The van der Waals surface area contributed by atoms with Gasteiger partial charge in [0.15, 0.2) is 5.58 Å². The first-order chi connectivity index (χ1) is 10.2. The molecule has 21 heavy (non-hydrogen) atoms. The number of hydrogen-bond donors (Lipinski definition) is 2. The standard InChI is InChI=1S/C12H9N5O4/c18-9(17-20)5-7-10(19)15-11(13-7)16-12-14-6-3-1-2-4-8(6)21-12/h1-4,7H,5H2,(H2,13,14,15,16,19). The quantitative estimate of drug-likeness (QED) is 0.798. The highest BCUT2D eigenvalue weighted by atomic mass is 16.4. The Bertz CT molecular complexity index is 733. The fourth-order valence-electron chi connectivity index (χ4n) is 1.89. The van der Waals surface area contributed by atoms with E-state index in [4.69, 9.17) is 4.42 Å². The van der Waals surface area contributed by atoms with E-state index in [1.54, 1.807) is 18.2 Å². The van der Waals surface area contributed by atoms with Crippen molar-refractivity contribution in [3.05, 3.63) is 29.2 Å². The summed E-state index contributed by atoms with van der Waals surface area (Å²) in [6.07, 6.45) is -0.343. The summed E-state index contributed by atoms with van der Waals surface area (Å²) in [7, 11) is 0. The van der Waals surface area contributed by atoms with Gasteiger partial charge in [-0.3, -0.25) is 14.9 Å². The number of aliphatic imine (C=N–C) groups is 1. The van der Waals surface area contributed by atoms with E-state index < -0.39 is 17.9 Å². The molecular formula is C12H9N5O4. The summed E-state index contributed by atoms with van der Waals surface area (Å²) >= 11 is 0. The van der Waals surface area contributed by atoms with Crippen LogP contribution in [0.2, 0.25) is 0 Å². The van der Waals surface area contributed by atoms with E-state index in [-0.39, 0.29) is 18.4 Å². The van der Waals surface area contributed by atoms with Gasteiger partial charge in [-0.25, -0.2) is 0 Å². The summed E-state index contributed by atoms with van der Waals surface area (Å²) in [5.74, 6) is -1.37. The van der Waals surface area contributed by atoms with Crippen LogP contribution in [0.15, 0.2) is 38.9 Å². The minimum Gasteiger partial charge on any atom is -0.423 e. The molecule has 0 saturated carbocycles. The molecule has 0 spiro atoms. The number of rotatable bonds is 3. The lowest BCUT2D eigenvalue weighted by Crippen LogP contribution is -2.37. The zero-order chi connectivity index (χ0) is 14.8. The third-order valence-corrected chi connectivity index (χ3v) is 2.83. The first kappa shape index (κ1) is 12.9. The molecule has 0 saturated heterocycles. The van der Waals surface area contributed by atoms with E-state index in [2.05, 4.69) is 25.8 Å². The number of hydrogen-bond acceptors (Lipinski definition) is 7. The van der Waals surface area contributed by atoms with Crippen LogP contribution in [-0.4, -0.2) is 28.8 Å². The van der Waals surface area contributed by atoms with Crippen LogP contribution in [0.4, 0.5) is 6.01 Å². The Morgan fingerprint density at radius 2 is 2.24 bits per heavy atom. The molecule has 0 radical (unpaired) electrons. The summed E-state index contributed by atoms with van der Waals surface area (Å²) in [4.78, 5) is 40.4. The van der Waals surface area contributed by atoms with Crippen molar-refractivity contribution in [1.82, 2.24) is 10.3 Å². The number of oxazole rings is 1. The van der Waals surface area contributed by atoms with Gasteiger partial charge in [-0.05, 0) is 12.1 Å². The average molecular weight is 287 g/mol. The zero-order valence-corrected chi connectivity index (χ0v) is 10.6. The number of nitroso groups, excluding NO2 is 1. The average Bonchev–Trinajstić information content (AvgIpc) is 3.02. The number of carbonyl (C=O) groups is 2. The van der Waals surface area contributed by atoms with E-state index >= 15 is 0 Å². The zero-order valence-electron chi connectivity index (χ0n) is 10.6. The molecule has 1 aliphatic rings. The summed E-state index contributed by atoms with van der Waals surface area (Å²) in [5.41, 5.74) is 1.24. The van der Waals surface area contributed by atoms with Gasteiger partial charge in [0.1, 0.15) is 11.6 Å². The molecule has 2 N–H and O–H groups in total. The number of aromatic nitrogens is 1.